The van der Waals surface area contributed by atoms with E-state index in [4.69, 9.17) is 4.74 Å². The average Bonchev–Trinajstić information content (AvgIpc) is 3.44. The van der Waals surface area contributed by atoms with Gasteiger partial charge in [0.15, 0.2) is 5.78 Å². The Morgan fingerprint density at radius 1 is 0.846 bits per heavy atom. The lowest BCUT2D eigenvalue weighted by molar-refractivity contribution is -0.122. The largest absolute Gasteiger partial charge is 0.496 e. The van der Waals surface area contributed by atoms with Crippen LogP contribution in [-0.4, -0.2) is 36.8 Å². The minimum Gasteiger partial charge on any atom is -0.496 e. The molecule has 0 aliphatic carbocycles. The van der Waals surface area contributed by atoms with Gasteiger partial charge >= 0.3 is 0 Å². The monoisotopic (exact) mass is 578 g/mol. The highest BCUT2D eigenvalue weighted by molar-refractivity contribution is 9.10. The molecule has 0 bridgehead atoms. The zero-order valence-electron chi connectivity index (χ0n) is 21.0. The molecule has 4 atom stereocenters. The third-order valence-electron chi connectivity index (χ3n) is 8.13. The number of nitrogens with zero attached hydrogens (tertiary/aromatic N) is 2. The van der Waals surface area contributed by atoms with Gasteiger partial charge < -0.3 is 9.64 Å². The van der Waals surface area contributed by atoms with E-state index >= 15 is 0 Å². The van der Waals surface area contributed by atoms with Crippen LogP contribution in [0.2, 0.25) is 0 Å². The van der Waals surface area contributed by atoms with Crippen LogP contribution >= 0.6 is 15.9 Å². The van der Waals surface area contributed by atoms with Crippen molar-refractivity contribution < 1.29 is 19.1 Å². The normalized spacial score (nSPS) is 23.1. The fourth-order valence-corrected chi connectivity index (χ4v) is 6.99. The highest BCUT2D eigenvalue weighted by atomic mass is 79.9. The summed E-state index contributed by atoms with van der Waals surface area (Å²) in [5.41, 5.74) is 2.81. The number of hydrogen-bond acceptors (Lipinski definition) is 5. The van der Waals surface area contributed by atoms with E-state index in [0.717, 1.165) is 22.0 Å². The Bertz CT molecular complexity index is 1730. The molecular weight excluding hydrogens is 556 g/mol. The fraction of sp³-hybridized carbons (Fsp3) is 0.156. The topological polar surface area (TPSA) is 66.9 Å². The number of amides is 2. The van der Waals surface area contributed by atoms with E-state index in [0.29, 0.717) is 21.5 Å². The summed E-state index contributed by atoms with van der Waals surface area (Å²) in [6, 6.07) is 25.0. The zero-order valence-corrected chi connectivity index (χ0v) is 22.5. The molecule has 3 aliphatic heterocycles. The minimum absolute atomic E-state index is 0.207. The molecule has 39 heavy (non-hydrogen) atoms. The van der Waals surface area contributed by atoms with Gasteiger partial charge in [0.2, 0.25) is 11.8 Å². The van der Waals surface area contributed by atoms with Gasteiger partial charge in [-0.25, -0.2) is 4.90 Å². The number of ether oxygens (including phenoxy) is 1. The highest BCUT2D eigenvalue weighted by Crippen LogP contribution is 2.50. The number of rotatable bonds is 4. The van der Waals surface area contributed by atoms with Gasteiger partial charge in [-0.1, -0.05) is 66.7 Å². The van der Waals surface area contributed by atoms with Crippen LogP contribution in [0, 0.1) is 11.8 Å². The van der Waals surface area contributed by atoms with Crippen LogP contribution in [0.4, 0.5) is 11.4 Å². The van der Waals surface area contributed by atoms with Crippen LogP contribution in [-0.2, 0) is 9.59 Å². The van der Waals surface area contributed by atoms with Crippen molar-refractivity contribution in [3.8, 4) is 5.75 Å². The third-order valence-corrected chi connectivity index (χ3v) is 8.75. The van der Waals surface area contributed by atoms with Crippen molar-refractivity contribution in [1.82, 2.24) is 0 Å². The number of halogens is 1. The molecule has 6 nitrogen and oxygen atoms in total. The molecule has 3 heterocycles. The molecule has 0 spiro atoms. The van der Waals surface area contributed by atoms with Crippen molar-refractivity contribution in [1.29, 1.82) is 0 Å². The zero-order chi connectivity index (χ0) is 26.8. The van der Waals surface area contributed by atoms with Gasteiger partial charge in [0, 0.05) is 16.6 Å². The van der Waals surface area contributed by atoms with Crippen LogP contribution in [0.25, 0.3) is 16.8 Å². The first-order chi connectivity index (χ1) is 19.0. The van der Waals surface area contributed by atoms with E-state index in [1.54, 1.807) is 31.4 Å². The number of fused-ring (bicyclic) bond motifs is 6. The van der Waals surface area contributed by atoms with E-state index in [-0.39, 0.29) is 17.6 Å². The molecule has 0 unspecified atom stereocenters. The Morgan fingerprint density at radius 3 is 2.38 bits per heavy atom. The van der Waals surface area contributed by atoms with Crippen molar-refractivity contribution in [3.63, 3.8) is 0 Å². The second-order valence-electron chi connectivity index (χ2n) is 10.0. The maximum atomic E-state index is 14.3. The Balaban J connectivity index is 1.38. The van der Waals surface area contributed by atoms with E-state index in [1.165, 1.54) is 4.90 Å². The van der Waals surface area contributed by atoms with Crippen LogP contribution in [0.5, 0.6) is 5.75 Å². The number of ketones is 1. The second-order valence-corrected chi connectivity index (χ2v) is 10.9. The van der Waals surface area contributed by atoms with Crippen LogP contribution in [0.15, 0.2) is 95.5 Å². The number of carbonyl (C=O) groups is 3. The fourth-order valence-electron chi connectivity index (χ4n) is 6.44. The summed E-state index contributed by atoms with van der Waals surface area (Å²) in [5, 5.41) is 1.77. The quantitative estimate of drug-likeness (QED) is 0.223. The van der Waals surface area contributed by atoms with E-state index in [1.807, 2.05) is 77.7 Å². The molecule has 0 N–H and O–H groups in total. The predicted octanol–water partition coefficient (Wildman–Crippen LogP) is 5.88. The van der Waals surface area contributed by atoms with E-state index in [9.17, 15) is 14.4 Å². The van der Waals surface area contributed by atoms with E-state index < -0.39 is 23.9 Å². The standard InChI is InChI=1S/C32H23BrN2O4/c1-39-26-16-14-20(17-22(26)33)30(36)29-28-27(25-15-13-19-8-3-5-11-23(19)34(25)29)31(37)35(32(28)38)24-12-6-9-18-7-2-4-10-21(18)24/h2-17,25,27-29H,1H3/t25-,27-,28-,29+/m0/s1. The number of hydrogen-bond donors (Lipinski definition) is 0. The maximum Gasteiger partial charge on any atom is 0.240 e. The summed E-state index contributed by atoms with van der Waals surface area (Å²) in [6.07, 6.45) is 3.96. The molecule has 0 radical (unpaired) electrons. The Hall–Kier alpha value is -4.23. The Labute approximate surface area is 233 Å². The average molecular weight is 579 g/mol. The molecule has 4 aromatic carbocycles. The van der Waals surface area contributed by atoms with Crippen molar-refractivity contribution in [2.75, 3.05) is 16.9 Å². The van der Waals surface area contributed by atoms with Gasteiger partial charge in [-0.3, -0.25) is 14.4 Å². The molecule has 2 saturated heterocycles. The molecule has 192 valence electrons. The summed E-state index contributed by atoms with van der Waals surface area (Å²) in [6.45, 7) is 0. The molecule has 7 heteroatoms. The third kappa shape index (κ3) is 3.42. The number of para-hydroxylation sites is 1. The van der Waals surface area contributed by atoms with Gasteiger partial charge in [0.25, 0.3) is 0 Å². The predicted molar refractivity (Wildman–Crippen MR) is 154 cm³/mol. The second kappa shape index (κ2) is 8.92. The smallest absolute Gasteiger partial charge is 0.240 e. The lowest BCUT2D eigenvalue weighted by Crippen LogP contribution is -2.48. The molecule has 0 saturated carbocycles. The van der Waals surface area contributed by atoms with Gasteiger partial charge in [0.05, 0.1) is 35.1 Å². The van der Waals surface area contributed by atoms with Crippen molar-refractivity contribution >= 4 is 61.8 Å². The molecule has 2 amide bonds. The SMILES string of the molecule is COc1ccc(C(=O)[C@H]2[C@H]3C(=O)N(c4cccc5ccccc45)C(=O)[C@H]3[C@@H]3C=Cc4ccccc4N32)cc1Br. The molecule has 0 aromatic heterocycles. The molecular formula is C32H23BrN2O4. The summed E-state index contributed by atoms with van der Waals surface area (Å²) in [5.74, 6) is -1.72. The van der Waals surface area contributed by atoms with E-state index in [2.05, 4.69) is 15.9 Å². The lowest BCUT2D eigenvalue weighted by atomic mass is 9.86. The van der Waals surface area contributed by atoms with Gasteiger partial charge in [-0.05, 0) is 57.2 Å². The first-order valence-corrected chi connectivity index (χ1v) is 13.6. The number of methoxy groups -OCH3 is 1. The number of Topliss-reactive ketones (excluding diaryl/α,β-unsaturated/α-hetero) is 1. The Kier molecular flexibility index (Phi) is 5.45. The number of carbonyl (C=O) groups excluding carboxylic acids is 3. The summed E-state index contributed by atoms with van der Waals surface area (Å²) in [4.78, 5) is 46.0. The number of anilines is 2. The Morgan fingerprint density at radius 2 is 1.56 bits per heavy atom. The first kappa shape index (κ1) is 23.9. The highest BCUT2D eigenvalue weighted by Gasteiger charge is 2.64. The lowest BCUT2D eigenvalue weighted by Gasteiger charge is -2.36. The van der Waals surface area contributed by atoms with Gasteiger partial charge in [-0.2, -0.15) is 0 Å². The first-order valence-electron chi connectivity index (χ1n) is 12.8. The number of imide groups is 1. The van der Waals surface area contributed by atoms with Gasteiger partial charge in [0.1, 0.15) is 11.8 Å². The van der Waals surface area contributed by atoms with Crippen molar-refractivity contribution in [2.45, 2.75) is 12.1 Å². The van der Waals surface area contributed by atoms with Crippen molar-refractivity contribution in [3.05, 3.63) is 107 Å². The molecule has 3 aliphatic rings. The maximum absolute atomic E-state index is 14.3. The van der Waals surface area contributed by atoms with Gasteiger partial charge in [-0.15, -0.1) is 0 Å². The van der Waals surface area contributed by atoms with Crippen molar-refractivity contribution in [2.24, 2.45) is 11.8 Å². The van der Waals surface area contributed by atoms with Crippen LogP contribution in [0.3, 0.4) is 0 Å². The minimum atomic E-state index is -0.845. The van der Waals surface area contributed by atoms with Crippen LogP contribution < -0.4 is 14.5 Å². The summed E-state index contributed by atoms with van der Waals surface area (Å²) in [7, 11) is 1.56. The molecule has 4 aromatic rings. The molecule has 7 rings (SSSR count). The molecule has 2 fully saturated rings. The number of benzene rings is 4. The summed E-state index contributed by atoms with van der Waals surface area (Å²) < 4.78 is 6.00. The summed E-state index contributed by atoms with van der Waals surface area (Å²) >= 11 is 3.49. The van der Waals surface area contributed by atoms with Crippen LogP contribution in [0.1, 0.15) is 15.9 Å².